The van der Waals surface area contributed by atoms with Gasteiger partial charge in [-0.1, -0.05) is 25.1 Å². The van der Waals surface area contributed by atoms with Gasteiger partial charge in [0.2, 0.25) is 0 Å². The molecule has 20 heavy (non-hydrogen) atoms. The van der Waals surface area contributed by atoms with Crippen LogP contribution in [0.15, 0.2) is 48.5 Å². The van der Waals surface area contributed by atoms with Gasteiger partial charge < -0.3 is 15.2 Å². The lowest BCUT2D eigenvalue weighted by Gasteiger charge is -2.11. The van der Waals surface area contributed by atoms with Crippen molar-refractivity contribution < 1.29 is 9.47 Å². The van der Waals surface area contributed by atoms with E-state index in [0.29, 0.717) is 6.61 Å². The first-order chi connectivity index (χ1) is 9.72. The van der Waals surface area contributed by atoms with E-state index in [1.54, 1.807) is 0 Å². The highest BCUT2D eigenvalue weighted by Crippen LogP contribution is 2.26. The lowest BCUT2D eigenvalue weighted by Crippen LogP contribution is -2.07. The molecule has 0 aliphatic carbocycles. The molecule has 0 spiro atoms. The summed E-state index contributed by atoms with van der Waals surface area (Å²) in [5.74, 6) is 2.38. The van der Waals surface area contributed by atoms with E-state index >= 15 is 0 Å². The maximum absolute atomic E-state index is 5.99. The maximum Gasteiger partial charge on any atom is 0.131 e. The number of rotatable bonds is 6. The van der Waals surface area contributed by atoms with Gasteiger partial charge in [-0.15, -0.1) is 0 Å². The minimum atomic E-state index is 0.0883. The molecule has 2 aromatic rings. The summed E-state index contributed by atoms with van der Waals surface area (Å²) in [4.78, 5) is 0. The quantitative estimate of drug-likeness (QED) is 0.852. The third-order valence-corrected chi connectivity index (χ3v) is 3.10. The van der Waals surface area contributed by atoms with Crippen molar-refractivity contribution in [3.05, 3.63) is 54.1 Å². The second-order valence-corrected chi connectivity index (χ2v) is 4.59. The zero-order valence-corrected chi connectivity index (χ0v) is 12.0. The molecular formula is C17H21NO2. The smallest absolute Gasteiger partial charge is 0.131 e. The van der Waals surface area contributed by atoms with Crippen molar-refractivity contribution in [2.24, 2.45) is 5.73 Å². The van der Waals surface area contributed by atoms with Gasteiger partial charge in [0.1, 0.15) is 17.2 Å². The van der Waals surface area contributed by atoms with Crippen molar-refractivity contribution in [2.45, 2.75) is 26.3 Å². The standard InChI is InChI=1S/C17H21NO2/c1-3-17(18)13-8-10-14(11-9-13)20-16-7-5-6-15(12-16)19-4-2/h5-12,17H,3-4,18H2,1-2H3. The van der Waals surface area contributed by atoms with Crippen LogP contribution in [0.3, 0.4) is 0 Å². The molecule has 3 heteroatoms. The Morgan fingerprint density at radius 1 is 0.950 bits per heavy atom. The molecule has 0 fully saturated rings. The molecule has 106 valence electrons. The van der Waals surface area contributed by atoms with Crippen molar-refractivity contribution in [2.75, 3.05) is 6.61 Å². The fourth-order valence-corrected chi connectivity index (χ4v) is 1.95. The molecule has 0 bridgehead atoms. The van der Waals surface area contributed by atoms with Gasteiger partial charge in [-0.2, -0.15) is 0 Å². The highest BCUT2D eigenvalue weighted by molar-refractivity contribution is 5.37. The van der Waals surface area contributed by atoms with Gasteiger partial charge in [0.15, 0.2) is 0 Å². The first-order valence-corrected chi connectivity index (χ1v) is 6.99. The largest absolute Gasteiger partial charge is 0.494 e. The summed E-state index contributed by atoms with van der Waals surface area (Å²) >= 11 is 0. The van der Waals surface area contributed by atoms with Crippen LogP contribution >= 0.6 is 0 Å². The second kappa shape index (κ2) is 6.96. The molecule has 0 aromatic heterocycles. The number of nitrogens with two attached hydrogens (primary N) is 1. The average molecular weight is 271 g/mol. The highest BCUT2D eigenvalue weighted by Gasteiger charge is 2.04. The Kier molecular flexibility index (Phi) is 5.02. The third-order valence-electron chi connectivity index (χ3n) is 3.10. The van der Waals surface area contributed by atoms with Gasteiger partial charge in [-0.25, -0.2) is 0 Å². The molecule has 0 radical (unpaired) electrons. The second-order valence-electron chi connectivity index (χ2n) is 4.59. The van der Waals surface area contributed by atoms with E-state index in [-0.39, 0.29) is 6.04 Å². The van der Waals surface area contributed by atoms with Crippen LogP contribution in [0.1, 0.15) is 31.9 Å². The van der Waals surface area contributed by atoms with Crippen LogP contribution in [0.2, 0.25) is 0 Å². The lowest BCUT2D eigenvalue weighted by atomic mass is 10.1. The number of ether oxygens (including phenoxy) is 2. The van der Waals surface area contributed by atoms with Crippen LogP contribution in [0, 0.1) is 0 Å². The van der Waals surface area contributed by atoms with Crippen LogP contribution < -0.4 is 15.2 Å². The SMILES string of the molecule is CCOc1cccc(Oc2ccc(C(N)CC)cc2)c1. The Bertz CT molecular complexity index is 537. The summed E-state index contributed by atoms with van der Waals surface area (Å²) in [6.07, 6.45) is 0.927. The Morgan fingerprint density at radius 2 is 1.65 bits per heavy atom. The average Bonchev–Trinajstić information content (AvgIpc) is 2.48. The molecule has 0 aliphatic heterocycles. The van der Waals surface area contributed by atoms with Crippen molar-refractivity contribution in [1.82, 2.24) is 0 Å². The van der Waals surface area contributed by atoms with E-state index in [1.807, 2.05) is 55.5 Å². The van der Waals surface area contributed by atoms with Gasteiger partial charge in [-0.05, 0) is 43.2 Å². The van der Waals surface area contributed by atoms with E-state index in [4.69, 9.17) is 15.2 Å². The first kappa shape index (κ1) is 14.4. The lowest BCUT2D eigenvalue weighted by molar-refractivity contribution is 0.338. The molecule has 0 saturated carbocycles. The van der Waals surface area contributed by atoms with E-state index in [0.717, 1.165) is 29.2 Å². The topological polar surface area (TPSA) is 44.5 Å². The fourth-order valence-electron chi connectivity index (χ4n) is 1.95. The number of hydrogen-bond donors (Lipinski definition) is 1. The van der Waals surface area contributed by atoms with Gasteiger partial charge >= 0.3 is 0 Å². The summed E-state index contributed by atoms with van der Waals surface area (Å²) in [7, 11) is 0. The maximum atomic E-state index is 5.99. The molecule has 1 atom stereocenters. The van der Waals surface area contributed by atoms with E-state index in [2.05, 4.69) is 6.92 Å². The van der Waals surface area contributed by atoms with Crippen LogP contribution in [0.5, 0.6) is 17.2 Å². The molecule has 2 N–H and O–H groups in total. The van der Waals surface area contributed by atoms with Crippen LogP contribution in [0.25, 0.3) is 0 Å². The summed E-state index contributed by atoms with van der Waals surface area (Å²) in [5.41, 5.74) is 7.12. The van der Waals surface area contributed by atoms with Gasteiger partial charge in [0.05, 0.1) is 6.61 Å². The molecule has 0 heterocycles. The number of hydrogen-bond acceptors (Lipinski definition) is 3. The zero-order chi connectivity index (χ0) is 14.4. The van der Waals surface area contributed by atoms with Crippen LogP contribution in [0.4, 0.5) is 0 Å². The van der Waals surface area contributed by atoms with Gasteiger partial charge in [-0.3, -0.25) is 0 Å². The molecule has 0 saturated heterocycles. The molecule has 1 unspecified atom stereocenters. The van der Waals surface area contributed by atoms with E-state index < -0.39 is 0 Å². The van der Waals surface area contributed by atoms with E-state index in [9.17, 15) is 0 Å². The van der Waals surface area contributed by atoms with Crippen molar-refractivity contribution >= 4 is 0 Å². The molecular weight excluding hydrogens is 250 g/mol. The Hall–Kier alpha value is -2.00. The van der Waals surface area contributed by atoms with Crippen LogP contribution in [-0.4, -0.2) is 6.61 Å². The summed E-state index contributed by atoms with van der Waals surface area (Å²) in [6.45, 7) is 4.69. The summed E-state index contributed by atoms with van der Waals surface area (Å²) in [5, 5.41) is 0. The predicted octanol–water partition coefficient (Wildman–Crippen LogP) is 4.29. The van der Waals surface area contributed by atoms with Gasteiger partial charge in [0, 0.05) is 12.1 Å². The summed E-state index contributed by atoms with van der Waals surface area (Å²) < 4.78 is 11.3. The van der Waals surface area contributed by atoms with E-state index in [1.165, 1.54) is 0 Å². The molecule has 2 aromatic carbocycles. The van der Waals surface area contributed by atoms with Crippen LogP contribution in [-0.2, 0) is 0 Å². The fraction of sp³-hybridized carbons (Fsp3) is 0.294. The molecule has 2 rings (SSSR count). The van der Waals surface area contributed by atoms with Crippen molar-refractivity contribution in [3.8, 4) is 17.2 Å². The minimum absolute atomic E-state index is 0.0883. The zero-order valence-electron chi connectivity index (χ0n) is 12.0. The highest BCUT2D eigenvalue weighted by atomic mass is 16.5. The Balaban J connectivity index is 2.08. The minimum Gasteiger partial charge on any atom is -0.494 e. The Labute approximate surface area is 120 Å². The van der Waals surface area contributed by atoms with Crippen molar-refractivity contribution in [1.29, 1.82) is 0 Å². The molecule has 3 nitrogen and oxygen atoms in total. The van der Waals surface area contributed by atoms with Gasteiger partial charge in [0.25, 0.3) is 0 Å². The molecule has 0 aliphatic rings. The third kappa shape index (κ3) is 3.75. The summed E-state index contributed by atoms with van der Waals surface area (Å²) in [6, 6.07) is 15.6. The normalized spacial score (nSPS) is 11.9. The predicted molar refractivity (Wildman–Crippen MR) is 81.3 cm³/mol. The van der Waals surface area contributed by atoms with Crippen molar-refractivity contribution in [3.63, 3.8) is 0 Å². The molecule has 0 amide bonds. The first-order valence-electron chi connectivity index (χ1n) is 6.99. The number of benzene rings is 2. The monoisotopic (exact) mass is 271 g/mol. The Morgan fingerprint density at radius 3 is 2.30 bits per heavy atom.